The van der Waals surface area contributed by atoms with Crippen LogP contribution in [0.1, 0.15) is 31.1 Å². The van der Waals surface area contributed by atoms with Gasteiger partial charge in [0.05, 0.1) is 11.0 Å². The highest BCUT2D eigenvalue weighted by Gasteiger charge is 2.11. The molecule has 3 aromatic carbocycles. The zero-order chi connectivity index (χ0) is 23.7. The van der Waals surface area contributed by atoms with Gasteiger partial charge >= 0.3 is 0 Å². The number of benzene rings is 3. The summed E-state index contributed by atoms with van der Waals surface area (Å²) in [6, 6.07) is 22.0. The number of fused-ring (bicyclic) bond motifs is 2. The standard InChI is InChI=1S/C28H29N5O/c1-4-32(5-2)23-11-7-19(8-12-23)28(34)29-22-10-13-24-25(18-22)31-27(30-24)21-9-14-26-20(17-21)15-16-33(26)6-3/h7-18H,4-6H2,1-3H3,(H,29,34)(H,30,31). The lowest BCUT2D eigenvalue weighted by Gasteiger charge is -2.21. The van der Waals surface area contributed by atoms with Crippen molar-refractivity contribution in [2.45, 2.75) is 27.3 Å². The number of imidazole rings is 1. The van der Waals surface area contributed by atoms with Crippen LogP contribution in [0.15, 0.2) is 72.9 Å². The molecule has 2 aromatic heterocycles. The summed E-state index contributed by atoms with van der Waals surface area (Å²) in [7, 11) is 0. The lowest BCUT2D eigenvalue weighted by molar-refractivity contribution is 0.102. The molecule has 0 saturated carbocycles. The normalized spacial score (nSPS) is 11.3. The first-order chi connectivity index (χ1) is 16.6. The maximum absolute atomic E-state index is 12.8. The van der Waals surface area contributed by atoms with Gasteiger partial charge in [-0.05, 0) is 87.5 Å². The molecule has 0 aliphatic rings. The lowest BCUT2D eigenvalue weighted by atomic mass is 10.1. The third kappa shape index (κ3) is 4.03. The van der Waals surface area contributed by atoms with Crippen LogP contribution < -0.4 is 10.2 Å². The highest BCUT2D eigenvalue weighted by atomic mass is 16.1. The van der Waals surface area contributed by atoms with Gasteiger partial charge in [-0.3, -0.25) is 4.79 Å². The van der Waals surface area contributed by atoms with E-state index < -0.39 is 0 Å². The van der Waals surface area contributed by atoms with Gasteiger partial charge in [-0.25, -0.2) is 4.98 Å². The number of nitrogens with zero attached hydrogens (tertiary/aromatic N) is 3. The number of aromatic nitrogens is 3. The topological polar surface area (TPSA) is 66.0 Å². The number of carbonyl (C=O) groups is 1. The summed E-state index contributed by atoms with van der Waals surface area (Å²) >= 11 is 0. The molecule has 0 unspecified atom stereocenters. The molecule has 0 fully saturated rings. The summed E-state index contributed by atoms with van der Waals surface area (Å²) in [6.07, 6.45) is 2.11. The van der Waals surface area contributed by atoms with E-state index in [0.717, 1.165) is 53.4 Å². The Morgan fingerprint density at radius 2 is 1.76 bits per heavy atom. The van der Waals surface area contributed by atoms with Crippen LogP contribution in [0.4, 0.5) is 11.4 Å². The minimum Gasteiger partial charge on any atom is -0.372 e. The van der Waals surface area contributed by atoms with Gasteiger partial charge in [-0.1, -0.05) is 0 Å². The minimum atomic E-state index is -0.129. The number of hydrogen-bond donors (Lipinski definition) is 2. The van der Waals surface area contributed by atoms with Crippen molar-refractivity contribution in [3.63, 3.8) is 0 Å². The molecular formula is C28H29N5O. The van der Waals surface area contributed by atoms with Crippen LogP contribution in [0.3, 0.4) is 0 Å². The Morgan fingerprint density at radius 3 is 2.50 bits per heavy atom. The van der Waals surface area contributed by atoms with Crippen molar-refractivity contribution in [2.24, 2.45) is 0 Å². The quantitative estimate of drug-likeness (QED) is 0.305. The summed E-state index contributed by atoms with van der Waals surface area (Å²) in [6.45, 7) is 9.22. The van der Waals surface area contributed by atoms with Crippen LogP contribution in [-0.2, 0) is 6.54 Å². The van der Waals surface area contributed by atoms with Crippen molar-refractivity contribution >= 4 is 39.2 Å². The monoisotopic (exact) mass is 451 g/mol. The third-order valence-electron chi connectivity index (χ3n) is 6.38. The molecule has 0 spiro atoms. The van der Waals surface area contributed by atoms with E-state index >= 15 is 0 Å². The van der Waals surface area contributed by atoms with E-state index in [2.05, 4.69) is 71.0 Å². The molecule has 1 amide bonds. The molecule has 2 heterocycles. The number of H-pyrrole nitrogens is 1. The number of anilines is 2. The zero-order valence-electron chi connectivity index (χ0n) is 19.8. The molecule has 0 atom stereocenters. The van der Waals surface area contributed by atoms with E-state index in [1.54, 1.807) is 0 Å². The number of nitrogens with one attached hydrogen (secondary N) is 2. The smallest absolute Gasteiger partial charge is 0.255 e. The fraction of sp³-hybridized carbons (Fsp3) is 0.214. The highest BCUT2D eigenvalue weighted by Crippen LogP contribution is 2.27. The summed E-state index contributed by atoms with van der Waals surface area (Å²) < 4.78 is 2.23. The molecule has 0 aliphatic carbocycles. The van der Waals surface area contributed by atoms with Crippen LogP contribution in [0.2, 0.25) is 0 Å². The predicted octanol–water partition coefficient (Wildman–Crippen LogP) is 6.30. The van der Waals surface area contributed by atoms with Crippen LogP contribution in [0.5, 0.6) is 0 Å². The molecule has 0 saturated heterocycles. The number of aryl methyl sites for hydroxylation is 1. The molecule has 0 aliphatic heterocycles. The molecule has 6 nitrogen and oxygen atoms in total. The van der Waals surface area contributed by atoms with Crippen LogP contribution in [0, 0.1) is 0 Å². The molecule has 6 heteroatoms. The fourth-order valence-electron chi connectivity index (χ4n) is 4.46. The summed E-state index contributed by atoms with van der Waals surface area (Å²) in [5, 5.41) is 4.20. The van der Waals surface area contributed by atoms with Gasteiger partial charge in [0, 0.05) is 59.2 Å². The van der Waals surface area contributed by atoms with Gasteiger partial charge in [0.15, 0.2) is 0 Å². The Labute approximate surface area is 199 Å². The maximum atomic E-state index is 12.8. The zero-order valence-corrected chi connectivity index (χ0v) is 19.8. The number of amides is 1. The SMILES string of the molecule is CCN(CC)c1ccc(C(=O)Nc2ccc3nc(-c4ccc5c(ccn5CC)c4)[nH]c3c2)cc1. The Bertz CT molecular complexity index is 1460. The Balaban J connectivity index is 1.36. The highest BCUT2D eigenvalue weighted by molar-refractivity contribution is 6.05. The van der Waals surface area contributed by atoms with Crippen molar-refractivity contribution < 1.29 is 4.79 Å². The average molecular weight is 452 g/mol. The first-order valence-corrected chi connectivity index (χ1v) is 11.8. The lowest BCUT2D eigenvalue weighted by Crippen LogP contribution is -2.21. The van der Waals surface area contributed by atoms with E-state index in [4.69, 9.17) is 4.98 Å². The molecular weight excluding hydrogens is 422 g/mol. The van der Waals surface area contributed by atoms with Gasteiger partial charge < -0.3 is 19.8 Å². The van der Waals surface area contributed by atoms with Crippen molar-refractivity contribution in [2.75, 3.05) is 23.3 Å². The number of rotatable bonds is 7. The fourth-order valence-corrected chi connectivity index (χ4v) is 4.46. The van der Waals surface area contributed by atoms with Gasteiger partial charge in [-0.2, -0.15) is 0 Å². The van der Waals surface area contributed by atoms with Crippen molar-refractivity contribution in [1.29, 1.82) is 0 Å². The second kappa shape index (κ2) is 9.06. The molecule has 2 N–H and O–H groups in total. The summed E-state index contributed by atoms with van der Waals surface area (Å²) in [4.78, 5) is 23.2. The average Bonchev–Trinajstić information content (AvgIpc) is 3.48. The van der Waals surface area contributed by atoms with E-state index in [0.29, 0.717) is 5.56 Å². The van der Waals surface area contributed by atoms with Gasteiger partial charge in [0.1, 0.15) is 5.82 Å². The van der Waals surface area contributed by atoms with Crippen molar-refractivity contribution in [1.82, 2.24) is 14.5 Å². The van der Waals surface area contributed by atoms with Gasteiger partial charge in [0.2, 0.25) is 0 Å². The molecule has 0 bridgehead atoms. The second-order valence-electron chi connectivity index (χ2n) is 8.37. The molecule has 172 valence electrons. The third-order valence-corrected chi connectivity index (χ3v) is 6.38. The van der Waals surface area contributed by atoms with Crippen molar-refractivity contribution in [3.8, 4) is 11.4 Å². The van der Waals surface area contributed by atoms with Crippen molar-refractivity contribution in [3.05, 3.63) is 78.5 Å². The predicted molar refractivity (Wildman–Crippen MR) is 141 cm³/mol. The largest absolute Gasteiger partial charge is 0.372 e. The summed E-state index contributed by atoms with van der Waals surface area (Å²) in [5.74, 6) is 0.688. The maximum Gasteiger partial charge on any atom is 0.255 e. The first-order valence-electron chi connectivity index (χ1n) is 11.8. The van der Waals surface area contributed by atoms with E-state index in [-0.39, 0.29) is 5.91 Å². The number of aromatic amines is 1. The first kappa shape index (κ1) is 21.8. The van der Waals surface area contributed by atoms with E-state index in [9.17, 15) is 4.79 Å². The number of hydrogen-bond acceptors (Lipinski definition) is 3. The Morgan fingerprint density at radius 1 is 0.971 bits per heavy atom. The second-order valence-corrected chi connectivity index (χ2v) is 8.37. The molecule has 5 aromatic rings. The Hall–Kier alpha value is -4.06. The van der Waals surface area contributed by atoms with Crippen LogP contribution in [-0.4, -0.2) is 33.5 Å². The van der Waals surface area contributed by atoms with E-state index in [1.165, 1.54) is 10.9 Å². The van der Waals surface area contributed by atoms with Crippen LogP contribution >= 0.6 is 0 Å². The summed E-state index contributed by atoms with van der Waals surface area (Å²) in [5.41, 5.74) is 6.50. The minimum absolute atomic E-state index is 0.129. The van der Waals surface area contributed by atoms with E-state index in [1.807, 2.05) is 42.5 Å². The van der Waals surface area contributed by atoms with Gasteiger partial charge in [0.25, 0.3) is 5.91 Å². The van der Waals surface area contributed by atoms with Crippen LogP contribution in [0.25, 0.3) is 33.3 Å². The van der Waals surface area contributed by atoms with Gasteiger partial charge in [-0.15, -0.1) is 0 Å². The Kier molecular flexibility index (Phi) is 5.80. The molecule has 34 heavy (non-hydrogen) atoms. The molecule has 5 rings (SSSR count). The number of carbonyl (C=O) groups excluding carboxylic acids is 1. The molecule has 0 radical (unpaired) electrons.